The van der Waals surface area contributed by atoms with E-state index in [4.69, 9.17) is 11.2 Å². The van der Waals surface area contributed by atoms with Crippen LogP contribution in [0.25, 0.3) is 39.0 Å². The van der Waals surface area contributed by atoms with Crippen molar-refractivity contribution in [1.29, 1.82) is 0 Å². The number of hydrogen-bond donors (Lipinski definition) is 0. The molecular formula is C33H25F2N7O2. The molecule has 0 saturated carbocycles. The van der Waals surface area contributed by atoms with E-state index in [-0.39, 0.29) is 34.9 Å². The van der Waals surface area contributed by atoms with Crippen molar-refractivity contribution >= 4 is 39.5 Å². The number of halogens is 2. The van der Waals surface area contributed by atoms with E-state index in [1.807, 2.05) is 35.2 Å². The van der Waals surface area contributed by atoms with Crippen LogP contribution >= 0.6 is 0 Å². The molecule has 0 bridgehead atoms. The summed E-state index contributed by atoms with van der Waals surface area (Å²) in [4.78, 5) is 37.8. The van der Waals surface area contributed by atoms with Crippen molar-refractivity contribution in [2.45, 2.75) is 0 Å². The van der Waals surface area contributed by atoms with Crippen LogP contribution in [0.1, 0.15) is 11.4 Å². The number of terminal acetylenes is 1. The lowest BCUT2D eigenvalue weighted by atomic mass is 9.97. The van der Waals surface area contributed by atoms with Crippen LogP contribution in [-0.4, -0.2) is 69.0 Å². The zero-order valence-electron chi connectivity index (χ0n) is 23.6. The summed E-state index contributed by atoms with van der Waals surface area (Å²) < 4.78 is 36.4. The maximum absolute atomic E-state index is 16.3. The molecule has 2 fully saturated rings. The van der Waals surface area contributed by atoms with Gasteiger partial charge in [-0.05, 0) is 17.5 Å². The van der Waals surface area contributed by atoms with Crippen LogP contribution in [0.5, 0.6) is 6.01 Å². The number of ether oxygens (including phenoxy) is 1. The van der Waals surface area contributed by atoms with E-state index in [0.29, 0.717) is 48.5 Å². The molecule has 2 aliphatic heterocycles. The first-order chi connectivity index (χ1) is 21.4. The molecule has 5 heterocycles. The van der Waals surface area contributed by atoms with Gasteiger partial charge in [-0.1, -0.05) is 36.3 Å². The molecule has 7 rings (SSSR count). The van der Waals surface area contributed by atoms with Crippen molar-refractivity contribution in [2.75, 3.05) is 38.2 Å². The molecule has 2 atom stereocenters. The summed E-state index contributed by atoms with van der Waals surface area (Å²) >= 11 is 0. The summed E-state index contributed by atoms with van der Waals surface area (Å²) in [5.41, 5.74) is 1.41. The summed E-state index contributed by atoms with van der Waals surface area (Å²) in [6, 6.07) is 12.8. The monoisotopic (exact) mass is 589 g/mol. The molecule has 3 aromatic heterocycles. The van der Waals surface area contributed by atoms with Crippen LogP contribution in [0.2, 0.25) is 0 Å². The highest BCUT2D eigenvalue weighted by molar-refractivity contribution is 6.02. The Morgan fingerprint density at radius 2 is 1.75 bits per heavy atom. The number of carbonyl (C=O) groups excluding carboxylic acids is 1. The number of pyridine rings is 1. The van der Waals surface area contributed by atoms with Crippen molar-refractivity contribution in [3.05, 3.63) is 84.1 Å². The Morgan fingerprint density at radius 1 is 1.02 bits per heavy atom. The van der Waals surface area contributed by atoms with E-state index in [1.165, 1.54) is 24.4 Å². The number of anilines is 1. The van der Waals surface area contributed by atoms with Gasteiger partial charge in [0.2, 0.25) is 0 Å². The number of likely N-dealkylation sites (tertiary alicyclic amines) is 1. The lowest BCUT2D eigenvalue weighted by Gasteiger charge is -2.23. The molecule has 1 amide bonds. The van der Waals surface area contributed by atoms with Crippen LogP contribution in [-0.2, 0) is 4.79 Å². The van der Waals surface area contributed by atoms with E-state index >= 15 is 4.39 Å². The summed E-state index contributed by atoms with van der Waals surface area (Å²) in [5, 5.41) is 2.05. The average molecular weight is 590 g/mol. The summed E-state index contributed by atoms with van der Waals surface area (Å²) in [5.74, 6) is 1.27. The number of hydrogen-bond acceptors (Lipinski definition) is 8. The van der Waals surface area contributed by atoms with Crippen molar-refractivity contribution in [1.82, 2.24) is 29.8 Å². The molecule has 5 aromatic rings. The van der Waals surface area contributed by atoms with Gasteiger partial charge in [-0.25, -0.2) is 18.7 Å². The van der Waals surface area contributed by atoms with Crippen molar-refractivity contribution in [3.8, 4) is 29.6 Å². The summed E-state index contributed by atoms with van der Waals surface area (Å²) in [6.45, 7) is 1.84. The molecular weight excluding hydrogens is 564 g/mol. The topological polar surface area (TPSA) is 97.2 Å². The second-order valence-corrected chi connectivity index (χ2v) is 10.8. The molecule has 11 heteroatoms. The normalized spacial score (nSPS) is 18.1. The molecule has 218 valence electrons. The van der Waals surface area contributed by atoms with Gasteiger partial charge in [0.05, 0.1) is 12.5 Å². The SMILES string of the molecule is C#Cc1cccc2cccc(-c3ncc4c(N5CC6CN(C(=O)/C(F)=C/c7ncccn7)CC6C5)nc(OC)nc4c3F)c12. The number of aromatic nitrogens is 5. The molecule has 0 aliphatic carbocycles. The van der Waals surface area contributed by atoms with Gasteiger partial charge in [0.25, 0.3) is 5.91 Å². The quantitative estimate of drug-likeness (QED) is 0.216. The van der Waals surface area contributed by atoms with Crippen LogP contribution in [0.3, 0.4) is 0 Å². The van der Waals surface area contributed by atoms with Crippen LogP contribution in [0.4, 0.5) is 14.6 Å². The molecule has 9 nitrogen and oxygen atoms in total. The predicted molar refractivity (Wildman–Crippen MR) is 162 cm³/mol. The zero-order chi connectivity index (χ0) is 30.4. The Bertz CT molecular complexity index is 1990. The van der Waals surface area contributed by atoms with Crippen molar-refractivity contribution in [3.63, 3.8) is 0 Å². The Balaban J connectivity index is 1.19. The van der Waals surface area contributed by atoms with Gasteiger partial charge < -0.3 is 14.5 Å². The Hall–Kier alpha value is -5.50. The lowest BCUT2D eigenvalue weighted by Crippen LogP contribution is -2.33. The van der Waals surface area contributed by atoms with Crippen molar-refractivity contribution < 1.29 is 18.3 Å². The van der Waals surface area contributed by atoms with Gasteiger partial charge in [-0.3, -0.25) is 9.78 Å². The van der Waals surface area contributed by atoms with Gasteiger partial charge in [0.15, 0.2) is 17.5 Å². The molecule has 2 aromatic carbocycles. The second kappa shape index (κ2) is 11.0. The summed E-state index contributed by atoms with van der Waals surface area (Å²) in [6.07, 6.45) is 11.4. The smallest absolute Gasteiger partial charge is 0.318 e. The highest BCUT2D eigenvalue weighted by Gasteiger charge is 2.43. The fourth-order valence-electron chi connectivity index (χ4n) is 6.24. The first-order valence-electron chi connectivity index (χ1n) is 14.0. The van der Waals surface area contributed by atoms with Gasteiger partial charge >= 0.3 is 6.01 Å². The van der Waals surface area contributed by atoms with E-state index < -0.39 is 17.6 Å². The number of fused-ring (bicyclic) bond motifs is 3. The number of carbonyl (C=O) groups is 1. The molecule has 2 unspecified atom stereocenters. The van der Waals surface area contributed by atoms with Crippen LogP contribution < -0.4 is 9.64 Å². The molecule has 2 saturated heterocycles. The molecule has 0 N–H and O–H groups in total. The summed E-state index contributed by atoms with van der Waals surface area (Å²) in [7, 11) is 1.43. The van der Waals surface area contributed by atoms with E-state index in [2.05, 4.69) is 30.8 Å². The van der Waals surface area contributed by atoms with E-state index in [9.17, 15) is 9.18 Å². The minimum Gasteiger partial charge on any atom is -0.467 e. The maximum atomic E-state index is 16.3. The number of methoxy groups -OCH3 is 1. The third-order valence-electron chi connectivity index (χ3n) is 8.26. The van der Waals surface area contributed by atoms with Gasteiger partial charge in [0.1, 0.15) is 17.0 Å². The standard InChI is InChI=1S/C33H25F2N7O2/c1-3-19-7-4-8-20-9-5-10-23(27(19)20)29-28(35)30-24(14-38-29)31(40-33(39-30)44-2)41-15-21-17-42(18-22(21)16-41)32(43)25(34)13-26-36-11-6-12-37-26/h1,4-14,21-22H,15-18H2,2H3/b25-13-. The first-order valence-corrected chi connectivity index (χ1v) is 14.0. The first kappa shape index (κ1) is 27.3. The molecule has 44 heavy (non-hydrogen) atoms. The minimum atomic E-state index is -0.905. The third kappa shape index (κ3) is 4.65. The number of nitrogens with zero attached hydrogens (tertiary/aromatic N) is 7. The predicted octanol–water partition coefficient (Wildman–Crippen LogP) is 4.67. The fraction of sp³-hybridized carbons (Fsp3) is 0.212. The lowest BCUT2D eigenvalue weighted by molar-refractivity contribution is -0.127. The van der Waals surface area contributed by atoms with Crippen LogP contribution in [0, 0.1) is 30.0 Å². The average Bonchev–Trinajstić information content (AvgIpc) is 3.64. The Kier molecular flexibility index (Phi) is 6.81. The number of rotatable bonds is 5. The molecule has 2 aliphatic rings. The largest absolute Gasteiger partial charge is 0.467 e. The van der Waals surface area contributed by atoms with E-state index in [0.717, 1.165) is 16.8 Å². The maximum Gasteiger partial charge on any atom is 0.318 e. The fourth-order valence-corrected chi connectivity index (χ4v) is 6.24. The van der Waals surface area contributed by atoms with Gasteiger partial charge in [0, 0.05) is 79.2 Å². The van der Waals surface area contributed by atoms with E-state index in [1.54, 1.807) is 18.3 Å². The highest BCUT2D eigenvalue weighted by atomic mass is 19.1. The Labute approximate surface area is 251 Å². The zero-order valence-corrected chi connectivity index (χ0v) is 23.6. The van der Waals surface area contributed by atoms with Crippen LogP contribution in [0.15, 0.2) is 66.9 Å². The number of amides is 1. The highest BCUT2D eigenvalue weighted by Crippen LogP contribution is 2.39. The third-order valence-corrected chi connectivity index (χ3v) is 8.26. The molecule has 0 spiro atoms. The van der Waals surface area contributed by atoms with Crippen molar-refractivity contribution in [2.24, 2.45) is 11.8 Å². The molecule has 0 radical (unpaired) electrons. The Morgan fingerprint density at radius 3 is 2.45 bits per heavy atom. The van der Waals surface area contributed by atoms with Gasteiger partial charge in [-0.2, -0.15) is 9.97 Å². The minimum absolute atomic E-state index is 0.0231. The van der Waals surface area contributed by atoms with Gasteiger partial charge in [-0.15, -0.1) is 6.42 Å². The number of benzene rings is 2. The second-order valence-electron chi connectivity index (χ2n) is 10.8.